The van der Waals surface area contributed by atoms with Crippen molar-refractivity contribution in [2.45, 2.75) is 56.6 Å². The van der Waals surface area contributed by atoms with Crippen molar-refractivity contribution >= 4 is 5.91 Å². The molecule has 1 atom stereocenters. The first-order chi connectivity index (χ1) is 12.7. The van der Waals surface area contributed by atoms with Gasteiger partial charge in [-0.25, -0.2) is 0 Å². The molecule has 1 aliphatic carbocycles. The second-order valence-corrected chi connectivity index (χ2v) is 7.29. The van der Waals surface area contributed by atoms with Crippen molar-refractivity contribution in [3.05, 3.63) is 23.8 Å². The van der Waals surface area contributed by atoms with Gasteiger partial charge in [-0.3, -0.25) is 4.79 Å². The molecular formula is C20H30N2O4. The minimum atomic E-state index is -0.0993. The average molecular weight is 362 g/mol. The highest BCUT2D eigenvalue weighted by atomic mass is 16.5. The molecule has 144 valence electrons. The molecule has 1 saturated heterocycles. The number of carbonyl (C=O) groups is 1. The van der Waals surface area contributed by atoms with Crippen LogP contribution in [0.3, 0.4) is 0 Å². The molecule has 3 N–H and O–H groups in total. The van der Waals surface area contributed by atoms with Crippen molar-refractivity contribution in [3.8, 4) is 11.5 Å². The second kappa shape index (κ2) is 8.73. The molecule has 1 spiro atoms. The van der Waals surface area contributed by atoms with Crippen LogP contribution in [0.25, 0.3) is 0 Å². The van der Waals surface area contributed by atoms with Crippen LogP contribution >= 0.6 is 0 Å². The second-order valence-electron chi connectivity index (χ2n) is 7.29. The van der Waals surface area contributed by atoms with E-state index < -0.39 is 0 Å². The van der Waals surface area contributed by atoms with Crippen molar-refractivity contribution in [1.29, 1.82) is 0 Å². The topological polar surface area (TPSA) is 82.8 Å². The van der Waals surface area contributed by atoms with E-state index in [0.717, 1.165) is 25.7 Å². The number of methoxy groups -OCH3 is 1. The lowest BCUT2D eigenvalue weighted by Gasteiger charge is -2.32. The maximum Gasteiger partial charge on any atom is 0.251 e. The van der Waals surface area contributed by atoms with E-state index in [2.05, 4.69) is 5.32 Å². The van der Waals surface area contributed by atoms with Crippen LogP contribution in [0, 0.1) is 0 Å². The summed E-state index contributed by atoms with van der Waals surface area (Å²) >= 11 is 0. The third-order valence-electron chi connectivity index (χ3n) is 5.34. The van der Waals surface area contributed by atoms with Gasteiger partial charge < -0.3 is 25.3 Å². The van der Waals surface area contributed by atoms with Gasteiger partial charge >= 0.3 is 0 Å². The Bertz CT molecular complexity index is 614. The lowest BCUT2D eigenvalue weighted by Crippen LogP contribution is -2.37. The highest BCUT2D eigenvalue weighted by Crippen LogP contribution is 2.39. The maximum atomic E-state index is 12.7. The SMILES string of the molecule is COc1ccc(C(=O)NC2COC3(CCCCC3)C2)cc1OCCCN. The Kier molecular flexibility index (Phi) is 6.38. The third kappa shape index (κ3) is 4.48. The largest absolute Gasteiger partial charge is 0.493 e. The zero-order valence-electron chi connectivity index (χ0n) is 15.6. The van der Waals surface area contributed by atoms with Gasteiger partial charge in [0.05, 0.1) is 32.0 Å². The zero-order valence-corrected chi connectivity index (χ0v) is 15.6. The van der Waals surface area contributed by atoms with E-state index >= 15 is 0 Å². The molecular weight excluding hydrogens is 332 g/mol. The molecule has 0 radical (unpaired) electrons. The van der Waals surface area contributed by atoms with Crippen LogP contribution in [-0.2, 0) is 4.74 Å². The van der Waals surface area contributed by atoms with Gasteiger partial charge in [0, 0.05) is 5.56 Å². The van der Waals surface area contributed by atoms with E-state index in [-0.39, 0.29) is 17.6 Å². The number of carbonyl (C=O) groups excluding carboxylic acids is 1. The molecule has 6 nitrogen and oxygen atoms in total. The Morgan fingerprint density at radius 2 is 2.12 bits per heavy atom. The summed E-state index contributed by atoms with van der Waals surface area (Å²) in [5, 5.41) is 3.12. The monoisotopic (exact) mass is 362 g/mol. The van der Waals surface area contributed by atoms with Crippen LogP contribution < -0.4 is 20.5 Å². The summed E-state index contributed by atoms with van der Waals surface area (Å²) in [4.78, 5) is 12.7. The number of hydrogen-bond donors (Lipinski definition) is 2. The highest BCUT2D eigenvalue weighted by Gasteiger charge is 2.41. The van der Waals surface area contributed by atoms with E-state index in [4.69, 9.17) is 19.9 Å². The third-order valence-corrected chi connectivity index (χ3v) is 5.34. The Morgan fingerprint density at radius 3 is 2.85 bits per heavy atom. The molecule has 1 aliphatic heterocycles. The molecule has 2 aliphatic rings. The van der Waals surface area contributed by atoms with Gasteiger partial charge in [-0.15, -0.1) is 0 Å². The van der Waals surface area contributed by atoms with Crippen molar-refractivity contribution < 1.29 is 19.0 Å². The summed E-state index contributed by atoms with van der Waals surface area (Å²) in [6, 6.07) is 5.33. The minimum absolute atomic E-state index is 0.00734. The molecule has 0 bridgehead atoms. The molecule has 1 heterocycles. The number of rotatable bonds is 7. The standard InChI is InChI=1S/C20H30N2O4/c1-24-17-7-6-15(12-18(17)25-11-5-10-21)19(23)22-16-13-20(26-14-16)8-3-2-4-9-20/h6-7,12,16H,2-5,8-11,13-14,21H2,1H3,(H,22,23). The van der Waals surface area contributed by atoms with Crippen LogP contribution in [0.5, 0.6) is 11.5 Å². The molecule has 2 fully saturated rings. The number of nitrogens with one attached hydrogen (secondary N) is 1. The number of benzene rings is 1. The van der Waals surface area contributed by atoms with Crippen LogP contribution in [0.4, 0.5) is 0 Å². The smallest absolute Gasteiger partial charge is 0.251 e. The highest BCUT2D eigenvalue weighted by molar-refractivity contribution is 5.95. The van der Waals surface area contributed by atoms with Crippen molar-refractivity contribution in [2.75, 3.05) is 26.9 Å². The Labute approximate surface area is 155 Å². The normalized spacial score (nSPS) is 21.5. The predicted octanol–water partition coefficient (Wildman–Crippen LogP) is 2.64. The van der Waals surface area contributed by atoms with Gasteiger partial charge in [-0.05, 0) is 50.4 Å². The summed E-state index contributed by atoms with van der Waals surface area (Å²) in [6.45, 7) is 1.66. The summed E-state index contributed by atoms with van der Waals surface area (Å²) in [5.41, 5.74) is 6.06. The van der Waals surface area contributed by atoms with Gasteiger partial charge in [0.25, 0.3) is 5.91 Å². The first kappa shape index (κ1) is 19.0. The Hall–Kier alpha value is -1.79. The first-order valence-corrected chi connectivity index (χ1v) is 9.61. The molecule has 6 heteroatoms. The summed E-state index contributed by atoms with van der Waals surface area (Å²) < 4.78 is 17.1. The molecule has 26 heavy (non-hydrogen) atoms. The lowest BCUT2D eigenvalue weighted by molar-refractivity contribution is -0.0246. The molecule has 1 aromatic rings. The van der Waals surface area contributed by atoms with Crippen LogP contribution in [-0.4, -0.2) is 44.4 Å². The van der Waals surface area contributed by atoms with E-state index in [1.54, 1.807) is 25.3 Å². The Balaban J connectivity index is 1.61. The van der Waals surface area contributed by atoms with Gasteiger partial charge in [0.2, 0.25) is 0 Å². The quantitative estimate of drug-likeness (QED) is 0.729. The Morgan fingerprint density at radius 1 is 1.31 bits per heavy atom. The number of amides is 1. The van der Waals surface area contributed by atoms with E-state index in [1.165, 1.54) is 19.3 Å². The number of ether oxygens (including phenoxy) is 3. The van der Waals surface area contributed by atoms with Crippen LogP contribution in [0.2, 0.25) is 0 Å². The zero-order chi connectivity index (χ0) is 18.4. The lowest BCUT2D eigenvalue weighted by atomic mass is 9.82. The number of hydrogen-bond acceptors (Lipinski definition) is 5. The van der Waals surface area contributed by atoms with Gasteiger partial charge in [0.15, 0.2) is 11.5 Å². The van der Waals surface area contributed by atoms with Crippen molar-refractivity contribution in [3.63, 3.8) is 0 Å². The fraction of sp³-hybridized carbons (Fsp3) is 0.650. The van der Waals surface area contributed by atoms with Crippen molar-refractivity contribution in [1.82, 2.24) is 5.32 Å². The molecule has 0 aromatic heterocycles. The van der Waals surface area contributed by atoms with E-state index in [0.29, 0.717) is 36.8 Å². The summed E-state index contributed by atoms with van der Waals surface area (Å²) in [6.07, 6.45) is 7.63. The molecule has 3 rings (SSSR count). The van der Waals surface area contributed by atoms with Gasteiger partial charge in [-0.2, -0.15) is 0 Å². The maximum absolute atomic E-state index is 12.7. The molecule has 1 saturated carbocycles. The minimum Gasteiger partial charge on any atom is -0.493 e. The van der Waals surface area contributed by atoms with Gasteiger partial charge in [-0.1, -0.05) is 19.3 Å². The van der Waals surface area contributed by atoms with E-state index in [1.807, 2.05) is 0 Å². The fourth-order valence-corrected chi connectivity index (χ4v) is 3.95. The summed E-state index contributed by atoms with van der Waals surface area (Å²) in [7, 11) is 1.59. The van der Waals surface area contributed by atoms with Crippen LogP contribution in [0.1, 0.15) is 55.3 Å². The molecule has 1 unspecified atom stereocenters. The molecule has 1 aromatic carbocycles. The van der Waals surface area contributed by atoms with Crippen LogP contribution in [0.15, 0.2) is 18.2 Å². The summed E-state index contributed by atoms with van der Waals surface area (Å²) in [5.74, 6) is 1.08. The van der Waals surface area contributed by atoms with Gasteiger partial charge in [0.1, 0.15) is 0 Å². The average Bonchev–Trinajstić information content (AvgIpc) is 3.04. The molecule has 1 amide bonds. The predicted molar refractivity (Wildman–Crippen MR) is 99.8 cm³/mol. The first-order valence-electron chi connectivity index (χ1n) is 9.61. The van der Waals surface area contributed by atoms with E-state index in [9.17, 15) is 4.79 Å². The number of nitrogens with two attached hydrogens (primary N) is 1. The van der Waals surface area contributed by atoms with Crippen molar-refractivity contribution in [2.24, 2.45) is 5.73 Å². The fourth-order valence-electron chi connectivity index (χ4n) is 3.95.